The molecule has 1 aromatic heterocycles. The van der Waals surface area contributed by atoms with Crippen LogP contribution in [0.25, 0.3) is 0 Å². The minimum atomic E-state index is 0.437. The Balaban J connectivity index is 2.61. The second kappa shape index (κ2) is 6.36. The molecule has 0 saturated carbocycles. The number of aryl methyl sites for hydroxylation is 1. The summed E-state index contributed by atoms with van der Waals surface area (Å²) in [5.74, 6) is 0. The van der Waals surface area contributed by atoms with Gasteiger partial charge in [-0.15, -0.1) is 6.58 Å². The predicted molar refractivity (Wildman–Crippen MR) is 64.8 cm³/mol. The Hall–Kier alpha value is -1.15. The molecule has 1 rings (SSSR count). The largest absolute Gasteiger partial charge is 0.313 e. The molecule has 2 heteroatoms. The number of nitrogens with one attached hydrogen (secondary N) is 1. The summed E-state index contributed by atoms with van der Waals surface area (Å²) in [6.45, 7) is 5.77. The first kappa shape index (κ1) is 11.9. The minimum absolute atomic E-state index is 0.437. The number of pyridine rings is 1. The Morgan fingerprint density at radius 2 is 2.40 bits per heavy atom. The molecule has 0 aliphatic rings. The van der Waals surface area contributed by atoms with E-state index >= 15 is 0 Å². The molecule has 15 heavy (non-hydrogen) atoms. The standard InChI is InChI=1S/C13H20N2/c1-4-5-6-7-13(14-3)12-8-9-15-11(2)10-12/h4,8-10,13-14H,1,5-7H2,2-3H3. The fraction of sp³-hybridized carbons (Fsp3) is 0.462. The minimum Gasteiger partial charge on any atom is -0.313 e. The predicted octanol–water partition coefficient (Wildman–Crippen LogP) is 3.01. The molecular formula is C13H20N2. The Morgan fingerprint density at radius 1 is 1.60 bits per heavy atom. The van der Waals surface area contributed by atoms with Gasteiger partial charge in [0.2, 0.25) is 0 Å². The monoisotopic (exact) mass is 204 g/mol. The zero-order valence-corrected chi connectivity index (χ0v) is 9.66. The maximum absolute atomic E-state index is 4.21. The second-order valence-corrected chi connectivity index (χ2v) is 3.79. The number of hydrogen-bond donors (Lipinski definition) is 1. The highest BCUT2D eigenvalue weighted by atomic mass is 14.9. The van der Waals surface area contributed by atoms with Gasteiger partial charge in [-0.3, -0.25) is 4.98 Å². The van der Waals surface area contributed by atoms with Crippen molar-refractivity contribution in [2.24, 2.45) is 0 Å². The molecule has 82 valence electrons. The first-order valence-electron chi connectivity index (χ1n) is 5.48. The summed E-state index contributed by atoms with van der Waals surface area (Å²) in [6.07, 6.45) is 7.26. The van der Waals surface area contributed by atoms with Crippen molar-refractivity contribution in [2.45, 2.75) is 32.2 Å². The van der Waals surface area contributed by atoms with Gasteiger partial charge in [0.25, 0.3) is 0 Å². The van der Waals surface area contributed by atoms with Crippen molar-refractivity contribution >= 4 is 0 Å². The van der Waals surface area contributed by atoms with Gasteiger partial charge in [-0.2, -0.15) is 0 Å². The first-order chi connectivity index (χ1) is 7.27. The van der Waals surface area contributed by atoms with Gasteiger partial charge in [0.05, 0.1) is 0 Å². The Kier molecular flexibility index (Phi) is 5.05. The van der Waals surface area contributed by atoms with Crippen LogP contribution in [0.15, 0.2) is 31.0 Å². The summed E-state index contributed by atoms with van der Waals surface area (Å²) in [5, 5.41) is 3.34. The van der Waals surface area contributed by atoms with Crippen LogP contribution in [0.3, 0.4) is 0 Å². The molecule has 0 radical (unpaired) electrons. The van der Waals surface area contributed by atoms with Crippen molar-refractivity contribution in [1.82, 2.24) is 10.3 Å². The highest BCUT2D eigenvalue weighted by Crippen LogP contribution is 2.19. The summed E-state index contributed by atoms with van der Waals surface area (Å²) in [4.78, 5) is 4.21. The van der Waals surface area contributed by atoms with Gasteiger partial charge in [0.1, 0.15) is 0 Å². The third-order valence-corrected chi connectivity index (χ3v) is 2.57. The number of hydrogen-bond acceptors (Lipinski definition) is 2. The smallest absolute Gasteiger partial charge is 0.0375 e. The number of unbranched alkanes of at least 4 members (excludes halogenated alkanes) is 1. The zero-order valence-electron chi connectivity index (χ0n) is 9.66. The van der Waals surface area contributed by atoms with E-state index in [1.807, 2.05) is 26.2 Å². The topological polar surface area (TPSA) is 24.9 Å². The zero-order chi connectivity index (χ0) is 11.1. The first-order valence-corrected chi connectivity index (χ1v) is 5.48. The molecule has 1 aromatic rings. The van der Waals surface area contributed by atoms with E-state index in [9.17, 15) is 0 Å². The van der Waals surface area contributed by atoms with Crippen LogP contribution in [0.4, 0.5) is 0 Å². The average molecular weight is 204 g/mol. The Bertz CT molecular complexity index is 307. The second-order valence-electron chi connectivity index (χ2n) is 3.79. The molecule has 0 spiro atoms. The Labute approximate surface area is 92.4 Å². The van der Waals surface area contributed by atoms with E-state index in [0.717, 1.165) is 18.5 Å². The SMILES string of the molecule is C=CCCCC(NC)c1ccnc(C)c1. The molecule has 0 amide bonds. The van der Waals surface area contributed by atoms with Gasteiger partial charge < -0.3 is 5.32 Å². The summed E-state index contributed by atoms with van der Waals surface area (Å²) in [7, 11) is 2.01. The maximum Gasteiger partial charge on any atom is 0.0375 e. The molecule has 2 nitrogen and oxygen atoms in total. The van der Waals surface area contributed by atoms with E-state index < -0.39 is 0 Å². The molecule has 1 unspecified atom stereocenters. The van der Waals surface area contributed by atoms with Crippen molar-refractivity contribution in [3.8, 4) is 0 Å². The number of allylic oxidation sites excluding steroid dienone is 1. The van der Waals surface area contributed by atoms with Crippen LogP contribution in [0.2, 0.25) is 0 Å². The highest BCUT2D eigenvalue weighted by molar-refractivity contribution is 5.19. The highest BCUT2D eigenvalue weighted by Gasteiger charge is 2.08. The lowest BCUT2D eigenvalue weighted by molar-refractivity contribution is 0.529. The summed E-state index contributed by atoms with van der Waals surface area (Å²) in [6, 6.07) is 4.67. The molecule has 1 atom stereocenters. The van der Waals surface area contributed by atoms with Crippen molar-refractivity contribution in [3.05, 3.63) is 42.2 Å². The average Bonchev–Trinajstić information content (AvgIpc) is 2.24. The van der Waals surface area contributed by atoms with Crippen molar-refractivity contribution in [1.29, 1.82) is 0 Å². The number of aromatic nitrogens is 1. The molecule has 0 bridgehead atoms. The van der Waals surface area contributed by atoms with E-state index in [1.165, 1.54) is 12.0 Å². The summed E-state index contributed by atoms with van der Waals surface area (Å²) >= 11 is 0. The molecule has 0 aromatic carbocycles. The van der Waals surface area contributed by atoms with E-state index in [-0.39, 0.29) is 0 Å². The third kappa shape index (κ3) is 3.84. The van der Waals surface area contributed by atoms with E-state index in [1.54, 1.807) is 0 Å². The number of rotatable bonds is 6. The van der Waals surface area contributed by atoms with Gasteiger partial charge >= 0.3 is 0 Å². The van der Waals surface area contributed by atoms with Crippen molar-refractivity contribution in [2.75, 3.05) is 7.05 Å². The fourth-order valence-corrected chi connectivity index (χ4v) is 1.73. The van der Waals surface area contributed by atoms with Crippen LogP contribution in [-0.4, -0.2) is 12.0 Å². The van der Waals surface area contributed by atoms with Crippen molar-refractivity contribution in [3.63, 3.8) is 0 Å². The van der Waals surface area contributed by atoms with Gasteiger partial charge in [-0.05, 0) is 50.9 Å². The van der Waals surface area contributed by atoms with Crippen LogP contribution in [0, 0.1) is 6.92 Å². The molecule has 0 aliphatic heterocycles. The lowest BCUT2D eigenvalue weighted by atomic mass is 10.0. The van der Waals surface area contributed by atoms with Crippen LogP contribution in [-0.2, 0) is 0 Å². The van der Waals surface area contributed by atoms with Crippen LogP contribution in [0.1, 0.15) is 36.6 Å². The normalized spacial score (nSPS) is 12.4. The lowest BCUT2D eigenvalue weighted by Gasteiger charge is -2.16. The lowest BCUT2D eigenvalue weighted by Crippen LogP contribution is -2.16. The van der Waals surface area contributed by atoms with Gasteiger partial charge in [0.15, 0.2) is 0 Å². The van der Waals surface area contributed by atoms with Crippen LogP contribution < -0.4 is 5.32 Å². The van der Waals surface area contributed by atoms with Crippen molar-refractivity contribution < 1.29 is 0 Å². The maximum atomic E-state index is 4.21. The molecular weight excluding hydrogens is 184 g/mol. The molecule has 1 heterocycles. The van der Waals surface area contributed by atoms with E-state index in [2.05, 4.69) is 29.0 Å². The van der Waals surface area contributed by atoms with Gasteiger partial charge in [-0.1, -0.05) is 6.08 Å². The van der Waals surface area contributed by atoms with E-state index in [0.29, 0.717) is 6.04 Å². The fourth-order valence-electron chi connectivity index (χ4n) is 1.73. The summed E-state index contributed by atoms with van der Waals surface area (Å²) in [5.41, 5.74) is 2.41. The van der Waals surface area contributed by atoms with Crippen LogP contribution >= 0.6 is 0 Å². The van der Waals surface area contributed by atoms with Gasteiger partial charge in [0, 0.05) is 17.9 Å². The third-order valence-electron chi connectivity index (χ3n) is 2.57. The van der Waals surface area contributed by atoms with Gasteiger partial charge in [-0.25, -0.2) is 0 Å². The number of nitrogens with zero attached hydrogens (tertiary/aromatic N) is 1. The van der Waals surface area contributed by atoms with E-state index in [4.69, 9.17) is 0 Å². The summed E-state index contributed by atoms with van der Waals surface area (Å²) < 4.78 is 0. The molecule has 1 N–H and O–H groups in total. The molecule has 0 fully saturated rings. The quantitative estimate of drug-likeness (QED) is 0.569. The molecule has 0 aliphatic carbocycles. The molecule has 0 saturated heterocycles. The Morgan fingerprint density at radius 3 is 3.00 bits per heavy atom. The van der Waals surface area contributed by atoms with Crippen LogP contribution in [0.5, 0.6) is 0 Å².